The van der Waals surface area contributed by atoms with Gasteiger partial charge in [0.25, 0.3) is 0 Å². The smallest absolute Gasteiger partial charge is 0.235 e. The molecule has 1 rings (SSSR count). The number of carbonyl (C=O) groups excluding carboxylic acids is 2. The Morgan fingerprint density at radius 1 is 0.773 bits per heavy atom. The molecule has 22 heavy (non-hydrogen) atoms. The van der Waals surface area contributed by atoms with Gasteiger partial charge in [-0.3, -0.25) is 27.8 Å². The lowest BCUT2D eigenvalue weighted by Gasteiger charge is -2.10. The zero-order valence-electron chi connectivity index (χ0n) is 11.4. The third-order valence-electron chi connectivity index (χ3n) is 2.21. The predicted molar refractivity (Wildman–Crippen MR) is 85.9 cm³/mol. The molecule has 1 aromatic carbocycles. The molecular weight excluding hydrogens is 376 g/mol. The molecule has 0 bridgehead atoms. The molecule has 0 saturated carbocycles. The van der Waals surface area contributed by atoms with Crippen molar-refractivity contribution in [3.8, 4) is 0 Å². The molecule has 2 atom stereocenters. The maximum Gasteiger partial charge on any atom is 0.235 e. The van der Waals surface area contributed by atoms with Crippen LogP contribution in [0.25, 0.3) is 0 Å². The van der Waals surface area contributed by atoms with E-state index in [-0.39, 0.29) is 9.79 Å². The second kappa shape index (κ2) is 6.88. The van der Waals surface area contributed by atoms with Crippen LogP contribution < -0.4 is 0 Å². The molecule has 4 N–H and O–H groups in total. The lowest BCUT2D eigenvalue weighted by atomic mass is 10.4. The first kappa shape index (κ1) is 19.4. The normalized spacial score (nSPS) is 15.2. The van der Waals surface area contributed by atoms with Crippen molar-refractivity contribution in [2.45, 2.75) is 23.6 Å². The van der Waals surface area contributed by atoms with Crippen LogP contribution in [-0.4, -0.2) is 36.9 Å². The topological polar surface area (TPSA) is 149 Å². The molecule has 1 aromatic rings. The Morgan fingerprint density at radius 3 is 1.14 bits per heavy atom. The van der Waals surface area contributed by atoms with Crippen LogP contribution in [0.2, 0.25) is 0 Å². The summed E-state index contributed by atoms with van der Waals surface area (Å²) >= 11 is 0. The minimum absolute atomic E-state index is 0.0285. The van der Waals surface area contributed by atoms with Gasteiger partial charge in [0.15, 0.2) is 10.2 Å². The monoisotopic (exact) mass is 390 g/mol. The summed E-state index contributed by atoms with van der Waals surface area (Å²) in [5, 5.41) is -1.44. The number of benzene rings is 1. The lowest BCUT2D eigenvalue weighted by Crippen LogP contribution is -2.15. The van der Waals surface area contributed by atoms with Gasteiger partial charge in [0, 0.05) is 42.5 Å². The summed E-state index contributed by atoms with van der Waals surface area (Å²) in [6, 6.07) is 4.72. The molecule has 0 spiro atoms. The zero-order valence-corrected chi connectivity index (χ0v) is 14.6. The number of hydrogen-bond donors (Lipinski definition) is 4. The Kier molecular flexibility index (Phi) is 6.08. The van der Waals surface area contributed by atoms with Gasteiger partial charge in [-0.25, -0.2) is 8.42 Å². The van der Waals surface area contributed by atoms with Crippen molar-refractivity contribution in [2.75, 3.05) is 0 Å². The molecular formula is C10H14O8S4. The molecule has 0 aliphatic carbocycles. The van der Waals surface area contributed by atoms with Crippen LogP contribution in [0, 0.1) is 0 Å². The summed E-state index contributed by atoms with van der Waals surface area (Å²) in [5.74, 6) is 0. The Labute approximate surface area is 131 Å². The van der Waals surface area contributed by atoms with Gasteiger partial charge in [-0.05, 0) is 24.3 Å². The quantitative estimate of drug-likeness (QED) is 0.585. The molecule has 0 fully saturated rings. The highest BCUT2D eigenvalue weighted by Gasteiger charge is 2.18. The van der Waals surface area contributed by atoms with Crippen molar-refractivity contribution >= 4 is 47.2 Å². The SMILES string of the molecule is CC(=O)S(c1ccc(S(C(C)=O)=S(=O)(O)O)cc1)=S(=O)(O)O. The zero-order chi connectivity index (χ0) is 17.3. The second-order valence-corrected chi connectivity index (χ2v) is 13.5. The van der Waals surface area contributed by atoms with Gasteiger partial charge in [0.05, 0.1) is 0 Å². The fraction of sp³-hybridized carbons (Fsp3) is 0.200. The van der Waals surface area contributed by atoms with Crippen LogP contribution in [0.3, 0.4) is 0 Å². The average molecular weight is 390 g/mol. The van der Waals surface area contributed by atoms with Crippen molar-refractivity contribution in [1.29, 1.82) is 0 Å². The lowest BCUT2D eigenvalue weighted by molar-refractivity contribution is -0.110. The van der Waals surface area contributed by atoms with Crippen molar-refractivity contribution in [2.24, 2.45) is 0 Å². The Balaban J connectivity index is 3.58. The molecule has 2 unspecified atom stereocenters. The summed E-state index contributed by atoms with van der Waals surface area (Å²) in [6.45, 7) is 2.08. The third kappa shape index (κ3) is 4.70. The minimum atomic E-state index is -4.39. The molecule has 0 radical (unpaired) electrons. The van der Waals surface area contributed by atoms with Gasteiger partial charge in [-0.2, -0.15) is 0 Å². The molecule has 12 heteroatoms. The van der Waals surface area contributed by atoms with Crippen LogP contribution >= 0.6 is 0 Å². The van der Waals surface area contributed by atoms with E-state index in [9.17, 15) is 36.2 Å². The highest BCUT2D eigenvalue weighted by atomic mass is 32.9. The number of carbonyl (C=O) groups is 2. The van der Waals surface area contributed by atoms with E-state index in [1.54, 1.807) is 0 Å². The van der Waals surface area contributed by atoms with Crippen molar-refractivity contribution in [1.82, 2.24) is 0 Å². The van der Waals surface area contributed by atoms with E-state index in [4.69, 9.17) is 0 Å². The molecule has 0 heterocycles. The van der Waals surface area contributed by atoms with Gasteiger partial charge in [0.2, 0.25) is 18.1 Å². The summed E-state index contributed by atoms with van der Waals surface area (Å²) in [7, 11) is -12.8. The van der Waals surface area contributed by atoms with E-state index in [1.807, 2.05) is 0 Å². The van der Waals surface area contributed by atoms with Gasteiger partial charge < -0.3 is 0 Å². The predicted octanol–water partition coefficient (Wildman–Crippen LogP) is 1.02. The number of rotatable bonds is 2. The first-order valence-corrected chi connectivity index (χ1v) is 11.9. The Hall–Kier alpha value is -0.600. The average Bonchev–Trinajstić information content (AvgIpc) is 2.26. The van der Waals surface area contributed by atoms with Crippen LogP contribution in [0.1, 0.15) is 13.8 Å². The Morgan fingerprint density at radius 2 is 1.00 bits per heavy atom. The molecule has 8 nitrogen and oxygen atoms in total. The summed E-state index contributed by atoms with van der Waals surface area (Å²) < 4.78 is 59.5. The van der Waals surface area contributed by atoms with E-state index in [0.717, 1.165) is 13.8 Å². The van der Waals surface area contributed by atoms with Gasteiger partial charge in [0.1, 0.15) is 0 Å². The van der Waals surface area contributed by atoms with E-state index in [0.29, 0.717) is 0 Å². The maximum atomic E-state index is 11.4. The fourth-order valence-corrected chi connectivity index (χ4v) is 8.12. The van der Waals surface area contributed by atoms with E-state index in [2.05, 4.69) is 0 Å². The third-order valence-corrected chi connectivity index (χ3v) is 10.7. The molecule has 0 aliphatic heterocycles. The molecule has 0 saturated heterocycles. The minimum Gasteiger partial charge on any atom is -0.289 e. The van der Waals surface area contributed by atoms with E-state index in [1.165, 1.54) is 24.3 Å². The largest absolute Gasteiger partial charge is 0.289 e. The van der Waals surface area contributed by atoms with Crippen molar-refractivity contribution in [3.05, 3.63) is 24.3 Å². The molecule has 0 amide bonds. The summed E-state index contributed by atoms with van der Waals surface area (Å²) in [6.07, 6.45) is 0. The molecule has 126 valence electrons. The highest BCUT2D eigenvalue weighted by molar-refractivity contribution is 8.49. The second-order valence-electron chi connectivity index (χ2n) is 3.89. The Bertz CT molecular complexity index is 778. The molecule has 0 aromatic heterocycles. The fourth-order valence-electron chi connectivity index (χ4n) is 1.58. The highest BCUT2D eigenvalue weighted by Crippen LogP contribution is 2.18. The number of hydrogen-bond acceptors (Lipinski definition) is 4. The summed E-state index contributed by atoms with van der Waals surface area (Å²) in [4.78, 5) is 22.9. The summed E-state index contributed by atoms with van der Waals surface area (Å²) in [5.41, 5.74) is 0. The van der Waals surface area contributed by atoms with Crippen LogP contribution in [0.15, 0.2) is 34.1 Å². The first-order valence-electron chi connectivity index (χ1n) is 5.44. The van der Waals surface area contributed by atoms with Crippen LogP contribution in [0.5, 0.6) is 0 Å². The maximum absolute atomic E-state index is 11.4. The van der Waals surface area contributed by atoms with Gasteiger partial charge >= 0.3 is 0 Å². The molecule has 0 aliphatic rings. The van der Waals surface area contributed by atoms with Gasteiger partial charge in [-0.1, -0.05) is 0 Å². The van der Waals surface area contributed by atoms with Crippen LogP contribution in [0.4, 0.5) is 0 Å². The van der Waals surface area contributed by atoms with E-state index < -0.39 is 47.2 Å². The first-order chi connectivity index (χ1) is 9.85. The standard InChI is InChI=1S/C10H14O8S4/c1-7(11)19(21(13,14)15)9-3-5-10(6-4-9)20(8(2)12)22(16,17)18/h3-6H,1-2H3,(H2,13,14,15)(H2,16,17,18). The van der Waals surface area contributed by atoms with Gasteiger partial charge in [-0.15, -0.1) is 0 Å². The van der Waals surface area contributed by atoms with E-state index >= 15 is 0 Å². The van der Waals surface area contributed by atoms with Crippen molar-refractivity contribution in [3.63, 3.8) is 0 Å². The van der Waals surface area contributed by atoms with Crippen molar-refractivity contribution < 1.29 is 36.2 Å². The van der Waals surface area contributed by atoms with Crippen LogP contribution in [-0.2, 0) is 46.6 Å².